The van der Waals surface area contributed by atoms with Crippen molar-refractivity contribution in [2.75, 3.05) is 6.61 Å². The summed E-state index contributed by atoms with van der Waals surface area (Å²) in [5.74, 6) is -1.32. The average molecular weight is 283 g/mol. The molecule has 0 aliphatic heterocycles. The van der Waals surface area contributed by atoms with Crippen molar-refractivity contribution in [2.24, 2.45) is 5.92 Å². The Morgan fingerprint density at radius 1 is 1.32 bits per heavy atom. The van der Waals surface area contributed by atoms with E-state index in [2.05, 4.69) is 0 Å². The van der Waals surface area contributed by atoms with Gasteiger partial charge in [-0.15, -0.1) is 0 Å². The van der Waals surface area contributed by atoms with E-state index in [1.807, 2.05) is 25.1 Å². The third-order valence-corrected chi connectivity index (χ3v) is 3.43. The van der Waals surface area contributed by atoms with Crippen molar-refractivity contribution < 1.29 is 14.3 Å². The first-order valence-corrected chi connectivity index (χ1v) is 6.76. The normalized spacial score (nSPS) is 13.7. The van der Waals surface area contributed by atoms with Crippen LogP contribution in [0, 0.1) is 5.92 Å². The fourth-order valence-electron chi connectivity index (χ4n) is 2.03. The zero-order valence-electron chi connectivity index (χ0n) is 11.5. The molecule has 1 rings (SSSR count). The Morgan fingerprint density at radius 3 is 2.47 bits per heavy atom. The molecular formula is C15H19ClO3. The number of ether oxygens (including phenoxy) is 1. The van der Waals surface area contributed by atoms with Crippen LogP contribution < -0.4 is 0 Å². The number of rotatable bonds is 6. The highest BCUT2D eigenvalue weighted by atomic mass is 35.5. The first-order valence-electron chi connectivity index (χ1n) is 6.38. The van der Waals surface area contributed by atoms with Crippen LogP contribution in [0.15, 0.2) is 24.3 Å². The van der Waals surface area contributed by atoms with Gasteiger partial charge in [-0.2, -0.15) is 0 Å². The standard InChI is InChI=1S/C15H19ClO3/c1-4-19-15(18)13(11(3)17)9-10(2)12-7-5-6-8-14(12)16/h5-8,10,13H,4,9H2,1-3H3. The Kier molecular flexibility index (Phi) is 6.03. The topological polar surface area (TPSA) is 43.4 Å². The largest absolute Gasteiger partial charge is 0.465 e. The van der Waals surface area contributed by atoms with Gasteiger partial charge in [-0.05, 0) is 37.8 Å². The fraction of sp³-hybridized carbons (Fsp3) is 0.467. The Labute approximate surface area is 118 Å². The van der Waals surface area contributed by atoms with E-state index in [4.69, 9.17) is 16.3 Å². The number of ketones is 1. The summed E-state index contributed by atoms with van der Waals surface area (Å²) in [6, 6.07) is 7.47. The molecule has 0 N–H and O–H groups in total. The molecule has 0 amide bonds. The van der Waals surface area contributed by atoms with E-state index < -0.39 is 11.9 Å². The summed E-state index contributed by atoms with van der Waals surface area (Å²) in [6.45, 7) is 5.38. The maximum absolute atomic E-state index is 11.8. The van der Waals surface area contributed by atoms with Crippen LogP contribution >= 0.6 is 11.6 Å². The summed E-state index contributed by atoms with van der Waals surface area (Å²) in [5.41, 5.74) is 0.944. The van der Waals surface area contributed by atoms with Crippen LogP contribution in [0.4, 0.5) is 0 Å². The molecule has 3 nitrogen and oxygen atoms in total. The zero-order chi connectivity index (χ0) is 14.4. The van der Waals surface area contributed by atoms with Crippen molar-refractivity contribution >= 4 is 23.4 Å². The lowest BCUT2D eigenvalue weighted by molar-refractivity contribution is -0.151. The van der Waals surface area contributed by atoms with Crippen molar-refractivity contribution in [3.63, 3.8) is 0 Å². The van der Waals surface area contributed by atoms with Crippen LogP contribution in [-0.4, -0.2) is 18.4 Å². The highest BCUT2D eigenvalue weighted by molar-refractivity contribution is 6.31. The van der Waals surface area contributed by atoms with Gasteiger partial charge < -0.3 is 4.74 Å². The molecular weight excluding hydrogens is 264 g/mol. The molecule has 0 heterocycles. The minimum atomic E-state index is -0.716. The smallest absolute Gasteiger partial charge is 0.316 e. The van der Waals surface area contributed by atoms with Crippen molar-refractivity contribution in [2.45, 2.75) is 33.1 Å². The van der Waals surface area contributed by atoms with E-state index in [0.717, 1.165) is 5.56 Å². The van der Waals surface area contributed by atoms with Gasteiger partial charge in [0.1, 0.15) is 11.7 Å². The van der Waals surface area contributed by atoms with Crippen LogP contribution in [-0.2, 0) is 14.3 Å². The quantitative estimate of drug-likeness (QED) is 0.591. The lowest BCUT2D eigenvalue weighted by atomic mass is 9.88. The van der Waals surface area contributed by atoms with E-state index in [-0.39, 0.29) is 18.3 Å². The van der Waals surface area contributed by atoms with E-state index in [0.29, 0.717) is 11.4 Å². The van der Waals surface area contributed by atoms with E-state index in [1.54, 1.807) is 13.0 Å². The molecule has 0 fully saturated rings. The van der Waals surface area contributed by atoms with Crippen molar-refractivity contribution in [3.8, 4) is 0 Å². The number of Topliss-reactive ketones (excluding diaryl/α,β-unsaturated/α-hetero) is 1. The first kappa shape index (κ1) is 15.7. The molecule has 19 heavy (non-hydrogen) atoms. The molecule has 0 aliphatic carbocycles. The molecule has 1 aromatic carbocycles. The van der Waals surface area contributed by atoms with Crippen molar-refractivity contribution in [1.82, 2.24) is 0 Å². The van der Waals surface area contributed by atoms with Gasteiger partial charge in [0.05, 0.1) is 6.61 Å². The van der Waals surface area contributed by atoms with Crippen LogP contribution in [0.2, 0.25) is 5.02 Å². The maximum Gasteiger partial charge on any atom is 0.316 e. The lowest BCUT2D eigenvalue weighted by Gasteiger charge is -2.18. The van der Waals surface area contributed by atoms with Crippen LogP contribution in [0.1, 0.15) is 38.7 Å². The second-order valence-electron chi connectivity index (χ2n) is 4.57. The molecule has 2 unspecified atom stereocenters. The van der Waals surface area contributed by atoms with Crippen LogP contribution in [0.25, 0.3) is 0 Å². The average Bonchev–Trinajstić information content (AvgIpc) is 2.36. The van der Waals surface area contributed by atoms with Gasteiger partial charge in [-0.25, -0.2) is 0 Å². The zero-order valence-corrected chi connectivity index (χ0v) is 12.2. The molecule has 4 heteroatoms. The number of halogens is 1. The summed E-state index contributed by atoms with van der Waals surface area (Å²) in [4.78, 5) is 23.3. The van der Waals surface area contributed by atoms with Gasteiger partial charge in [0.25, 0.3) is 0 Å². The molecule has 1 aromatic rings. The fourth-order valence-corrected chi connectivity index (χ4v) is 2.35. The van der Waals surface area contributed by atoms with E-state index in [1.165, 1.54) is 6.92 Å². The highest BCUT2D eigenvalue weighted by Gasteiger charge is 2.27. The van der Waals surface area contributed by atoms with Crippen LogP contribution in [0.5, 0.6) is 0 Å². The second-order valence-corrected chi connectivity index (χ2v) is 4.98. The summed E-state index contributed by atoms with van der Waals surface area (Å²) >= 11 is 6.12. The predicted molar refractivity (Wildman–Crippen MR) is 75.3 cm³/mol. The van der Waals surface area contributed by atoms with Gasteiger partial charge in [0.2, 0.25) is 0 Å². The van der Waals surface area contributed by atoms with E-state index >= 15 is 0 Å². The van der Waals surface area contributed by atoms with E-state index in [9.17, 15) is 9.59 Å². The predicted octanol–water partition coefficient (Wildman–Crippen LogP) is 3.60. The third kappa shape index (κ3) is 4.35. The van der Waals surface area contributed by atoms with Gasteiger partial charge in [-0.3, -0.25) is 9.59 Å². The highest BCUT2D eigenvalue weighted by Crippen LogP contribution is 2.29. The first-order chi connectivity index (χ1) is 8.97. The number of hydrogen-bond acceptors (Lipinski definition) is 3. The van der Waals surface area contributed by atoms with Crippen molar-refractivity contribution in [3.05, 3.63) is 34.9 Å². The number of benzene rings is 1. The minimum absolute atomic E-state index is 0.0204. The molecule has 0 radical (unpaired) electrons. The number of esters is 1. The summed E-state index contributed by atoms with van der Waals surface area (Å²) in [5, 5.41) is 0.654. The monoisotopic (exact) mass is 282 g/mol. The number of carbonyl (C=O) groups is 2. The molecule has 0 spiro atoms. The number of carbonyl (C=O) groups excluding carboxylic acids is 2. The lowest BCUT2D eigenvalue weighted by Crippen LogP contribution is -2.26. The van der Waals surface area contributed by atoms with Gasteiger partial charge in [0.15, 0.2) is 0 Å². The molecule has 0 aliphatic rings. The molecule has 0 saturated heterocycles. The minimum Gasteiger partial charge on any atom is -0.465 e. The molecule has 2 atom stereocenters. The molecule has 104 valence electrons. The van der Waals surface area contributed by atoms with Gasteiger partial charge >= 0.3 is 5.97 Å². The maximum atomic E-state index is 11.8. The van der Waals surface area contributed by atoms with Crippen molar-refractivity contribution in [1.29, 1.82) is 0 Å². The summed E-state index contributed by atoms with van der Waals surface area (Å²) < 4.78 is 4.94. The number of hydrogen-bond donors (Lipinski definition) is 0. The Hall–Kier alpha value is -1.35. The Morgan fingerprint density at radius 2 is 1.95 bits per heavy atom. The summed E-state index contributed by atoms with van der Waals surface area (Å²) in [7, 11) is 0. The summed E-state index contributed by atoms with van der Waals surface area (Å²) in [6.07, 6.45) is 0.415. The van der Waals surface area contributed by atoms with Gasteiger partial charge in [0, 0.05) is 5.02 Å². The van der Waals surface area contributed by atoms with Gasteiger partial charge in [-0.1, -0.05) is 36.7 Å². The third-order valence-electron chi connectivity index (χ3n) is 3.09. The Balaban J connectivity index is 2.83. The molecule has 0 saturated carbocycles. The SMILES string of the molecule is CCOC(=O)C(CC(C)c1ccccc1Cl)C(C)=O. The Bertz CT molecular complexity index is 456. The second kappa shape index (κ2) is 7.29. The van der Waals surface area contributed by atoms with Crippen LogP contribution in [0.3, 0.4) is 0 Å². The molecule has 0 aromatic heterocycles. The molecule has 0 bridgehead atoms.